The van der Waals surface area contributed by atoms with E-state index in [0.29, 0.717) is 51.7 Å². The van der Waals surface area contributed by atoms with Crippen LogP contribution in [0, 0.1) is 12.3 Å². The van der Waals surface area contributed by atoms with Gasteiger partial charge in [0.15, 0.2) is 0 Å². The van der Waals surface area contributed by atoms with Crippen molar-refractivity contribution in [2.75, 3.05) is 53.4 Å². The number of methoxy groups -OCH3 is 1. The third kappa shape index (κ3) is 7.84. The number of piperazine rings is 1. The number of nitrogens with one attached hydrogen (secondary N) is 1. The SMILES string of the molecule is COc1ccc(-c2c(C3CCCCC3)c3ccc(C(=O)NS(=O)(=O)N4CCN(C)CC4)cc3n2CC(C)(C)C(=O)N2C[C@@H](C)O[C@@H](C)C2)c(C)c1. The van der Waals surface area contributed by atoms with Gasteiger partial charge in [-0.1, -0.05) is 25.3 Å². The number of likely N-dealkylation sites (N-methyl/N-ethyl adjacent to an activating group) is 1. The number of nitrogens with zero attached hydrogens (tertiary/aromatic N) is 4. The fourth-order valence-electron chi connectivity index (χ4n) is 8.31. The van der Waals surface area contributed by atoms with Crippen LogP contribution in [0.5, 0.6) is 5.75 Å². The molecule has 0 bridgehead atoms. The number of carbonyl (C=O) groups excluding carboxylic acids is 2. The molecule has 0 unspecified atom stereocenters. The van der Waals surface area contributed by atoms with Crippen LogP contribution in [0.15, 0.2) is 36.4 Å². The molecule has 6 rings (SSSR count). The van der Waals surface area contributed by atoms with Crippen LogP contribution in [0.1, 0.15) is 87.2 Å². The first-order valence-corrected chi connectivity index (χ1v) is 19.9. The molecule has 2 amide bonds. The first-order valence-electron chi connectivity index (χ1n) is 18.4. The standard InChI is InChI=1S/C39H55N5O6S/c1-26-21-31(49-7)14-16-32(26)36-35(29-11-9-8-10-12-29)33-15-13-30(37(45)40-51(47,48)43-19-17-41(6)18-20-43)22-34(33)44(36)25-39(4,5)38(46)42-23-27(2)50-28(3)24-42/h13-16,21-22,27-29H,8-12,17-20,23-25H2,1-7H3,(H,40,45)/t27-,28+. The van der Waals surface area contributed by atoms with Gasteiger partial charge in [0.05, 0.1) is 30.4 Å². The smallest absolute Gasteiger partial charge is 0.304 e. The van der Waals surface area contributed by atoms with Crippen molar-refractivity contribution in [3.05, 3.63) is 53.1 Å². The summed E-state index contributed by atoms with van der Waals surface area (Å²) in [7, 11) is -0.411. The Balaban J connectivity index is 1.49. The highest BCUT2D eigenvalue weighted by molar-refractivity contribution is 7.87. The molecule has 0 spiro atoms. The minimum absolute atomic E-state index is 0.0511. The van der Waals surface area contributed by atoms with Crippen LogP contribution >= 0.6 is 0 Å². The van der Waals surface area contributed by atoms with Crippen molar-refractivity contribution < 1.29 is 27.5 Å². The number of aryl methyl sites for hydroxylation is 1. The number of benzene rings is 2. The van der Waals surface area contributed by atoms with Gasteiger partial charge in [-0.3, -0.25) is 9.59 Å². The Hall–Kier alpha value is -3.45. The van der Waals surface area contributed by atoms with E-state index in [4.69, 9.17) is 9.47 Å². The van der Waals surface area contributed by atoms with Crippen molar-refractivity contribution in [1.82, 2.24) is 23.4 Å². The van der Waals surface area contributed by atoms with Crippen molar-refractivity contribution in [3.8, 4) is 17.0 Å². The zero-order valence-corrected chi connectivity index (χ0v) is 32.1. The van der Waals surface area contributed by atoms with Gasteiger partial charge in [0.1, 0.15) is 5.75 Å². The molecule has 3 aliphatic rings. The summed E-state index contributed by atoms with van der Waals surface area (Å²) in [4.78, 5) is 32.1. The summed E-state index contributed by atoms with van der Waals surface area (Å²) in [5, 5.41) is 1.03. The van der Waals surface area contributed by atoms with E-state index >= 15 is 0 Å². The van der Waals surface area contributed by atoms with Crippen LogP contribution in [0.4, 0.5) is 0 Å². The maximum atomic E-state index is 14.4. The summed E-state index contributed by atoms with van der Waals surface area (Å²) < 4.78 is 44.1. The molecule has 2 aromatic carbocycles. The maximum Gasteiger partial charge on any atom is 0.304 e. The average Bonchev–Trinajstić information content (AvgIpc) is 3.39. The van der Waals surface area contributed by atoms with Gasteiger partial charge in [0, 0.05) is 67.8 Å². The molecule has 3 heterocycles. The maximum absolute atomic E-state index is 14.4. The molecule has 12 heteroatoms. The normalized spacial score (nSPS) is 21.6. The second kappa shape index (κ2) is 14.9. The molecular weight excluding hydrogens is 667 g/mol. The molecule has 3 fully saturated rings. The molecule has 2 saturated heterocycles. The van der Waals surface area contributed by atoms with Crippen molar-refractivity contribution >= 4 is 32.9 Å². The molecule has 278 valence electrons. The minimum Gasteiger partial charge on any atom is -0.497 e. The monoisotopic (exact) mass is 721 g/mol. The number of fused-ring (bicyclic) bond motifs is 1. The van der Waals surface area contributed by atoms with E-state index in [9.17, 15) is 18.0 Å². The van der Waals surface area contributed by atoms with Gasteiger partial charge >= 0.3 is 10.2 Å². The fraction of sp³-hybridized carbons (Fsp3) is 0.590. The zero-order chi connectivity index (χ0) is 36.7. The molecule has 1 aromatic heterocycles. The topological polar surface area (TPSA) is 113 Å². The van der Waals surface area contributed by atoms with Gasteiger partial charge in [-0.05, 0) is 102 Å². The molecule has 51 heavy (non-hydrogen) atoms. The molecule has 1 saturated carbocycles. The number of amides is 2. The average molecular weight is 722 g/mol. The lowest BCUT2D eigenvalue weighted by Gasteiger charge is -2.39. The van der Waals surface area contributed by atoms with Gasteiger partial charge in [0.25, 0.3) is 5.91 Å². The van der Waals surface area contributed by atoms with E-state index in [1.807, 2.05) is 63.9 Å². The number of hydrogen-bond donors (Lipinski definition) is 1. The molecule has 2 aliphatic heterocycles. The highest BCUT2D eigenvalue weighted by atomic mass is 32.2. The van der Waals surface area contributed by atoms with Crippen molar-refractivity contribution in [3.63, 3.8) is 0 Å². The summed E-state index contributed by atoms with van der Waals surface area (Å²) >= 11 is 0. The van der Waals surface area contributed by atoms with Crippen LogP contribution in [0.3, 0.4) is 0 Å². The first-order chi connectivity index (χ1) is 24.2. The van der Waals surface area contributed by atoms with Gasteiger partial charge < -0.3 is 23.8 Å². The second-order valence-electron chi connectivity index (χ2n) is 15.6. The molecule has 2 atom stereocenters. The van der Waals surface area contributed by atoms with Crippen molar-refractivity contribution in [2.45, 2.75) is 91.4 Å². The van der Waals surface area contributed by atoms with E-state index < -0.39 is 21.5 Å². The predicted molar refractivity (Wildman–Crippen MR) is 200 cm³/mol. The zero-order valence-electron chi connectivity index (χ0n) is 31.3. The lowest BCUT2D eigenvalue weighted by Crippen LogP contribution is -2.52. The predicted octanol–water partition coefficient (Wildman–Crippen LogP) is 5.56. The number of carbonyl (C=O) groups is 2. The van der Waals surface area contributed by atoms with E-state index in [-0.39, 0.29) is 23.7 Å². The molecule has 1 aliphatic carbocycles. The lowest BCUT2D eigenvalue weighted by atomic mass is 9.81. The summed E-state index contributed by atoms with van der Waals surface area (Å²) in [6, 6.07) is 11.7. The van der Waals surface area contributed by atoms with E-state index in [2.05, 4.69) is 27.2 Å². The second-order valence-corrected chi connectivity index (χ2v) is 17.3. The summed E-state index contributed by atoms with van der Waals surface area (Å²) in [6.45, 7) is 13.3. The quantitative estimate of drug-likeness (QED) is 0.308. The Morgan fingerprint density at radius 3 is 2.25 bits per heavy atom. The number of ether oxygens (including phenoxy) is 2. The van der Waals surface area contributed by atoms with Crippen molar-refractivity contribution in [1.29, 1.82) is 0 Å². The molecular formula is C39H55N5O6S. The van der Waals surface area contributed by atoms with Crippen LogP contribution in [0.2, 0.25) is 0 Å². The van der Waals surface area contributed by atoms with E-state index in [1.165, 1.54) is 16.3 Å². The summed E-state index contributed by atoms with van der Waals surface area (Å²) in [6.07, 6.45) is 5.48. The minimum atomic E-state index is -4.03. The van der Waals surface area contributed by atoms with Crippen LogP contribution in [-0.4, -0.2) is 105 Å². The number of rotatable bonds is 9. The number of morpholine rings is 1. The van der Waals surface area contributed by atoms with E-state index in [1.54, 1.807) is 13.2 Å². The summed E-state index contributed by atoms with van der Waals surface area (Å²) in [5.41, 5.74) is 4.63. The first kappa shape index (κ1) is 37.3. The van der Waals surface area contributed by atoms with Gasteiger partial charge in [-0.15, -0.1) is 0 Å². The van der Waals surface area contributed by atoms with Gasteiger partial charge in [-0.2, -0.15) is 12.7 Å². The highest BCUT2D eigenvalue weighted by Crippen LogP contribution is 2.46. The summed E-state index contributed by atoms with van der Waals surface area (Å²) in [5.74, 6) is 0.451. The number of aromatic nitrogens is 1. The molecule has 0 radical (unpaired) electrons. The largest absolute Gasteiger partial charge is 0.497 e. The van der Waals surface area contributed by atoms with E-state index in [0.717, 1.165) is 59.2 Å². The highest BCUT2D eigenvalue weighted by Gasteiger charge is 2.38. The van der Waals surface area contributed by atoms with Gasteiger partial charge in [0.2, 0.25) is 5.91 Å². The lowest BCUT2D eigenvalue weighted by molar-refractivity contribution is -0.152. The van der Waals surface area contributed by atoms with Crippen LogP contribution < -0.4 is 9.46 Å². The van der Waals surface area contributed by atoms with Gasteiger partial charge in [-0.25, -0.2) is 4.72 Å². The third-order valence-corrected chi connectivity index (χ3v) is 12.4. The van der Waals surface area contributed by atoms with Crippen LogP contribution in [0.25, 0.3) is 22.2 Å². The van der Waals surface area contributed by atoms with Crippen molar-refractivity contribution in [2.24, 2.45) is 5.41 Å². The number of hydrogen-bond acceptors (Lipinski definition) is 7. The third-order valence-electron chi connectivity index (χ3n) is 10.9. The molecule has 1 N–H and O–H groups in total. The Morgan fingerprint density at radius 2 is 1.63 bits per heavy atom. The molecule has 3 aromatic rings. The Kier molecular flexibility index (Phi) is 10.9. The Labute approximate surface area is 303 Å². The fourth-order valence-corrected chi connectivity index (χ4v) is 9.43. The Bertz CT molecular complexity index is 1860. The molecule has 11 nitrogen and oxygen atoms in total. The van der Waals surface area contributed by atoms with Crippen LogP contribution in [-0.2, 0) is 26.3 Å². The Morgan fingerprint density at radius 1 is 0.961 bits per heavy atom.